The number of ether oxygens (including phenoxy) is 3. The maximum absolute atomic E-state index is 11.8. The molecule has 0 aliphatic rings. The molecule has 0 radical (unpaired) electrons. The van der Waals surface area contributed by atoms with Gasteiger partial charge in [-0.25, -0.2) is 0 Å². The molecule has 0 aliphatic carbocycles. The fraction of sp³-hybridized carbons (Fsp3) is 0.769. The van der Waals surface area contributed by atoms with Gasteiger partial charge in [0.25, 0.3) is 0 Å². The highest BCUT2D eigenvalue weighted by atomic mass is 16.6. The molecule has 0 aromatic heterocycles. The molecule has 0 saturated heterocycles. The molecule has 0 unspecified atom stereocenters. The summed E-state index contributed by atoms with van der Waals surface area (Å²) in [6.45, 7) is 7.08. The summed E-state index contributed by atoms with van der Waals surface area (Å²) in [5.41, 5.74) is 0. The third-order valence-corrected chi connectivity index (χ3v) is 2.51. The first-order valence-electron chi connectivity index (χ1n) is 6.53. The van der Waals surface area contributed by atoms with Crippen molar-refractivity contribution >= 4 is 17.9 Å². The fourth-order valence-corrected chi connectivity index (χ4v) is 1.68. The number of carbonyl (C=O) groups is 3. The van der Waals surface area contributed by atoms with Crippen LogP contribution in [-0.4, -0.2) is 37.7 Å². The number of esters is 3. The highest BCUT2D eigenvalue weighted by molar-refractivity contribution is 5.99. The van der Waals surface area contributed by atoms with E-state index in [9.17, 15) is 14.4 Å². The van der Waals surface area contributed by atoms with E-state index in [1.807, 2.05) is 0 Å². The first-order chi connectivity index (χ1) is 9.03. The van der Waals surface area contributed by atoms with E-state index in [4.69, 9.17) is 14.2 Å². The molecular weight excluding hydrogens is 252 g/mol. The van der Waals surface area contributed by atoms with Gasteiger partial charge < -0.3 is 14.2 Å². The molecule has 0 aliphatic heterocycles. The summed E-state index contributed by atoms with van der Waals surface area (Å²) < 4.78 is 14.5. The van der Waals surface area contributed by atoms with Crippen LogP contribution in [0.15, 0.2) is 0 Å². The summed E-state index contributed by atoms with van der Waals surface area (Å²) in [7, 11) is 0. The number of rotatable bonds is 8. The van der Waals surface area contributed by atoms with Crippen molar-refractivity contribution in [2.24, 2.45) is 11.8 Å². The van der Waals surface area contributed by atoms with Crippen molar-refractivity contribution in [2.45, 2.75) is 34.1 Å². The van der Waals surface area contributed by atoms with Crippen LogP contribution < -0.4 is 0 Å². The molecule has 0 rings (SSSR count). The highest BCUT2D eigenvalue weighted by Gasteiger charge is 2.41. The predicted molar refractivity (Wildman–Crippen MR) is 67.2 cm³/mol. The normalized spacial score (nSPS) is 11.8. The van der Waals surface area contributed by atoms with E-state index in [2.05, 4.69) is 0 Å². The largest absolute Gasteiger partial charge is 0.466 e. The van der Waals surface area contributed by atoms with Crippen LogP contribution in [0.25, 0.3) is 0 Å². The van der Waals surface area contributed by atoms with Gasteiger partial charge in [0.1, 0.15) is 0 Å². The van der Waals surface area contributed by atoms with Crippen molar-refractivity contribution in [3.05, 3.63) is 0 Å². The van der Waals surface area contributed by atoms with E-state index in [0.29, 0.717) is 6.42 Å². The predicted octanol–water partition coefficient (Wildman–Crippen LogP) is 1.32. The average Bonchev–Trinajstić information content (AvgIpc) is 2.36. The topological polar surface area (TPSA) is 78.9 Å². The van der Waals surface area contributed by atoms with Gasteiger partial charge in [0.2, 0.25) is 0 Å². The lowest BCUT2D eigenvalue weighted by Gasteiger charge is -2.21. The molecule has 0 amide bonds. The summed E-state index contributed by atoms with van der Waals surface area (Å²) >= 11 is 0. The van der Waals surface area contributed by atoms with Crippen molar-refractivity contribution in [1.29, 1.82) is 0 Å². The Kier molecular flexibility index (Phi) is 8.57. The first-order valence-corrected chi connectivity index (χ1v) is 6.53. The minimum absolute atomic E-state index is 0.133. The molecule has 0 saturated carbocycles. The van der Waals surface area contributed by atoms with Gasteiger partial charge in [-0.3, -0.25) is 14.4 Å². The van der Waals surface area contributed by atoms with E-state index in [1.54, 1.807) is 27.7 Å². The monoisotopic (exact) mass is 274 g/mol. The molecule has 6 heteroatoms. The van der Waals surface area contributed by atoms with E-state index < -0.39 is 29.7 Å². The Morgan fingerprint density at radius 2 is 1.11 bits per heavy atom. The molecule has 0 heterocycles. The maximum atomic E-state index is 11.8. The summed E-state index contributed by atoms with van der Waals surface area (Å²) in [6, 6.07) is 0. The van der Waals surface area contributed by atoms with Crippen molar-refractivity contribution in [1.82, 2.24) is 0 Å². The molecule has 0 aromatic carbocycles. The molecule has 0 spiro atoms. The second-order valence-corrected chi connectivity index (χ2v) is 3.75. The zero-order chi connectivity index (χ0) is 14.8. The van der Waals surface area contributed by atoms with Gasteiger partial charge >= 0.3 is 17.9 Å². The molecule has 0 bridgehead atoms. The standard InChI is InChI=1S/C13H22O6/c1-5-9(11(14)17-6-2)10(12(15)18-7-3)13(16)19-8-4/h9-10H,5-8H2,1-4H3/t9-/m1/s1. The van der Waals surface area contributed by atoms with E-state index in [1.165, 1.54) is 0 Å². The van der Waals surface area contributed by atoms with Crippen LogP contribution in [0.1, 0.15) is 34.1 Å². The summed E-state index contributed by atoms with van der Waals surface area (Å²) in [6.07, 6.45) is 0.293. The first kappa shape index (κ1) is 17.4. The number of hydrogen-bond acceptors (Lipinski definition) is 6. The van der Waals surface area contributed by atoms with Crippen molar-refractivity contribution < 1.29 is 28.6 Å². The van der Waals surface area contributed by atoms with Crippen LogP contribution in [0.5, 0.6) is 0 Å². The molecule has 0 N–H and O–H groups in total. The Morgan fingerprint density at radius 3 is 1.42 bits per heavy atom. The fourth-order valence-electron chi connectivity index (χ4n) is 1.68. The van der Waals surface area contributed by atoms with Crippen LogP contribution in [0.3, 0.4) is 0 Å². The van der Waals surface area contributed by atoms with E-state index in [0.717, 1.165) is 0 Å². The molecular formula is C13H22O6. The van der Waals surface area contributed by atoms with Crippen LogP contribution in [0, 0.1) is 11.8 Å². The lowest BCUT2D eigenvalue weighted by Crippen LogP contribution is -2.38. The van der Waals surface area contributed by atoms with E-state index in [-0.39, 0.29) is 19.8 Å². The molecule has 110 valence electrons. The maximum Gasteiger partial charge on any atom is 0.321 e. The Labute approximate surface area is 113 Å². The highest BCUT2D eigenvalue weighted by Crippen LogP contribution is 2.21. The third-order valence-electron chi connectivity index (χ3n) is 2.51. The lowest BCUT2D eigenvalue weighted by atomic mass is 9.90. The van der Waals surface area contributed by atoms with Gasteiger partial charge in [-0.2, -0.15) is 0 Å². The molecule has 1 atom stereocenters. The van der Waals surface area contributed by atoms with Gasteiger partial charge in [0.05, 0.1) is 25.7 Å². The van der Waals surface area contributed by atoms with Crippen LogP contribution >= 0.6 is 0 Å². The van der Waals surface area contributed by atoms with Gasteiger partial charge in [-0.15, -0.1) is 0 Å². The molecule has 6 nitrogen and oxygen atoms in total. The SMILES string of the molecule is CCOC(=O)C(C(=O)OCC)[C@@H](CC)C(=O)OCC. The number of carbonyl (C=O) groups excluding carboxylic acids is 3. The quantitative estimate of drug-likeness (QED) is 0.377. The Balaban J connectivity index is 5.11. The zero-order valence-corrected chi connectivity index (χ0v) is 11.9. The van der Waals surface area contributed by atoms with Crippen LogP contribution in [0.2, 0.25) is 0 Å². The number of hydrogen-bond donors (Lipinski definition) is 0. The van der Waals surface area contributed by atoms with Crippen molar-refractivity contribution in [2.75, 3.05) is 19.8 Å². The van der Waals surface area contributed by atoms with Crippen LogP contribution in [-0.2, 0) is 28.6 Å². The van der Waals surface area contributed by atoms with Crippen LogP contribution in [0.4, 0.5) is 0 Å². The van der Waals surface area contributed by atoms with Gasteiger partial charge in [-0.1, -0.05) is 6.92 Å². The summed E-state index contributed by atoms with van der Waals surface area (Å²) in [5.74, 6) is -4.22. The molecule has 0 fully saturated rings. The minimum atomic E-state index is -1.26. The van der Waals surface area contributed by atoms with Gasteiger partial charge in [-0.05, 0) is 27.2 Å². The third kappa shape index (κ3) is 5.28. The molecule has 0 aromatic rings. The zero-order valence-electron chi connectivity index (χ0n) is 11.9. The smallest absolute Gasteiger partial charge is 0.321 e. The summed E-state index contributed by atoms with van der Waals surface area (Å²) in [4.78, 5) is 35.5. The minimum Gasteiger partial charge on any atom is -0.466 e. The second-order valence-electron chi connectivity index (χ2n) is 3.75. The lowest BCUT2D eigenvalue weighted by molar-refractivity contribution is -0.171. The van der Waals surface area contributed by atoms with Gasteiger partial charge in [0.15, 0.2) is 5.92 Å². The molecule has 19 heavy (non-hydrogen) atoms. The second kappa shape index (κ2) is 9.35. The summed E-state index contributed by atoms with van der Waals surface area (Å²) in [5, 5.41) is 0. The Hall–Kier alpha value is -1.59. The average molecular weight is 274 g/mol. The Bertz CT molecular complexity index is 294. The van der Waals surface area contributed by atoms with Gasteiger partial charge in [0, 0.05) is 0 Å². The van der Waals surface area contributed by atoms with E-state index >= 15 is 0 Å². The Morgan fingerprint density at radius 1 is 0.737 bits per heavy atom. The van der Waals surface area contributed by atoms with Crippen molar-refractivity contribution in [3.8, 4) is 0 Å². The van der Waals surface area contributed by atoms with Crippen molar-refractivity contribution in [3.63, 3.8) is 0 Å².